The molecule has 1 aromatic rings. The van der Waals surface area contributed by atoms with Crippen LogP contribution in [-0.4, -0.2) is 43.2 Å². The van der Waals surface area contributed by atoms with Crippen LogP contribution in [-0.2, 0) is 0 Å². The van der Waals surface area contributed by atoms with Gasteiger partial charge in [0.2, 0.25) is 0 Å². The molecule has 0 aromatic heterocycles. The topological polar surface area (TPSA) is 53.6 Å². The van der Waals surface area contributed by atoms with Crippen LogP contribution in [0.2, 0.25) is 0 Å². The van der Waals surface area contributed by atoms with Crippen LogP contribution in [0.5, 0.6) is 5.75 Å². The third-order valence-corrected chi connectivity index (χ3v) is 4.48. The van der Waals surface area contributed by atoms with E-state index in [0.29, 0.717) is 19.7 Å². The predicted octanol–water partition coefficient (Wildman–Crippen LogP) is 2.43. The van der Waals surface area contributed by atoms with E-state index in [-0.39, 0.29) is 23.9 Å². The minimum absolute atomic E-state index is 0.00700. The molecule has 0 bridgehead atoms. The number of ether oxygens (including phenoxy) is 1. The first-order valence-electron chi connectivity index (χ1n) is 8.38. The Hall–Kier alpha value is -1.82. The summed E-state index contributed by atoms with van der Waals surface area (Å²) in [6.45, 7) is 4.66. The monoisotopic (exact) mass is 321 g/mol. The van der Waals surface area contributed by atoms with Gasteiger partial charge in [0.1, 0.15) is 11.6 Å². The summed E-state index contributed by atoms with van der Waals surface area (Å²) < 4.78 is 19.3. The van der Waals surface area contributed by atoms with Crippen LogP contribution < -0.4 is 15.4 Å². The van der Waals surface area contributed by atoms with Crippen LogP contribution in [0, 0.1) is 5.82 Å². The molecule has 0 unspecified atom stereocenters. The quantitative estimate of drug-likeness (QED) is 0.899. The molecule has 5 nitrogen and oxygen atoms in total. The summed E-state index contributed by atoms with van der Waals surface area (Å²) in [5, 5.41) is 6.43. The number of benzene rings is 1. The number of halogens is 1. The van der Waals surface area contributed by atoms with Crippen molar-refractivity contribution in [2.75, 3.05) is 26.2 Å². The van der Waals surface area contributed by atoms with Crippen LogP contribution in [0.3, 0.4) is 0 Å². The fourth-order valence-electron chi connectivity index (χ4n) is 3.35. The van der Waals surface area contributed by atoms with Gasteiger partial charge in [-0.1, -0.05) is 0 Å². The number of nitrogens with zero attached hydrogens (tertiary/aromatic N) is 1. The molecule has 0 spiro atoms. The number of rotatable bonds is 3. The molecule has 2 N–H and O–H groups in total. The molecule has 1 aromatic carbocycles. The van der Waals surface area contributed by atoms with Crippen molar-refractivity contribution in [3.8, 4) is 5.75 Å². The van der Waals surface area contributed by atoms with Crippen LogP contribution >= 0.6 is 0 Å². The summed E-state index contributed by atoms with van der Waals surface area (Å²) in [4.78, 5) is 13.7. The fourth-order valence-corrected chi connectivity index (χ4v) is 3.35. The van der Waals surface area contributed by atoms with E-state index in [1.54, 1.807) is 12.1 Å². The van der Waals surface area contributed by atoms with E-state index in [0.717, 1.165) is 37.1 Å². The predicted molar refractivity (Wildman–Crippen MR) is 86.1 cm³/mol. The number of hydrogen-bond donors (Lipinski definition) is 2. The average molecular weight is 321 g/mol. The highest BCUT2D eigenvalue weighted by Crippen LogP contribution is 2.33. The van der Waals surface area contributed by atoms with E-state index < -0.39 is 0 Å². The minimum atomic E-state index is -0.239. The molecule has 0 saturated carbocycles. The SMILES string of the molecule is CCNC(=O)N1CC[C@@H](N[C@@H]2CCCOc3ccc(F)cc32)C1. The van der Waals surface area contributed by atoms with Crippen LogP contribution in [0.15, 0.2) is 18.2 Å². The Morgan fingerprint density at radius 2 is 2.30 bits per heavy atom. The first-order valence-corrected chi connectivity index (χ1v) is 8.38. The molecule has 2 aliphatic heterocycles. The summed E-state index contributed by atoms with van der Waals surface area (Å²) in [6, 6.07) is 5.01. The second-order valence-corrected chi connectivity index (χ2v) is 6.16. The number of urea groups is 1. The van der Waals surface area contributed by atoms with Crippen molar-refractivity contribution < 1.29 is 13.9 Å². The Kier molecular flexibility index (Phi) is 5.00. The molecule has 2 aliphatic rings. The summed E-state index contributed by atoms with van der Waals surface area (Å²) in [6.07, 6.45) is 2.76. The second kappa shape index (κ2) is 7.17. The average Bonchev–Trinajstić information content (AvgIpc) is 2.91. The van der Waals surface area contributed by atoms with Crippen LogP contribution in [0.4, 0.5) is 9.18 Å². The van der Waals surface area contributed by atoms with Gasteiger partial charge in [-0.25, -0.2) is 9.18 Å². The molecule has 2 amide bonds. The zero-order valence-corrected chi connectivity index (χ0v) is 13.5. The zero-order valence-electron chi connectivity index (χ0n) is 13.5. The molecule has 0 radical (unpaired) electrons. The standard InChI is InChI=1S/C17H24FN3O2/c1-2-19-17(22)21-8-7-13(11-21)20-15-4-3-9-23-16-6-5-12(18)10-14(15)16/h5-6,10,13,15,20H,2-4,7-9,11H2,1H3,(H,19,22)/t13-,15-/m1/s1. The van der Waals surface area contributed by atoms with Crippen molar-refractivity contribution in [1.82, 2.24) is 15.5 Å². The smallest absolute Gasteiger partial charge is 0.317 e. The highest BCUT2D eigenvalue weighted by molar-refractivity contribution is 5.74. The Morgan fingerprint density at radius 3 is 3.13 bits per heavy atom. The van der Waals surface area contributed by atoms with Crippen molar-refractivity contribution in [1.29, 1.82) is 0 Å². The fraction of sp³-hybridized carbons (Fsp3) is 0.588. The number of carbonyl (C=O) groups is 1. The van der Waals surface area contributed by atoms with E-state index in [9.17, 15) is 9.18 Å². The van der Waals surface area contributed by atoms with Gasteiger partial charge in [-0.3, -0.25) is 0 Å². The van der Waals surface area contributed by atoms with Crippen molar-refractivity contribution in [3.63, 3.8) is 0 Å². The van der Waals surface area contributed by atoms with Gasteiger partial charge in [0.15, 0.2) is 0 Å². The number of likely N-dealkylation sites (tertiary alicyclic amines) is 1. The van der Waals surface area contributed by atoms with Gasteiger partial charge in [-0.15, -0.1) is 0 Å². The molecule has 3 rings (SSSR count). The first-order chi connectivity index (χ1) is 11.2. The lowest BCUT2D eigenvalue weighted by Crippen LogP contribution is -2.41. The normalized spacial score (nSPS) is 23.8. The third kappa shape index (κ3) is 3.75. The van der Waals surface area contributed by atoms with Gasteiger partial charge in [0.25, 0.3) is 0 Å². The van der Waals surface area contributed by atoms with Gasteiger partial charge in [0, 0.05) is 37.3 Å². The lowest BCUT2D eigenvalue weighted by molar-refractivity contribution is 0.208. The van der Waals surface area contributed by atoms with Gasteiger partial charge in [-0.2, -0.15) is 0 Å². The molecule has 126 valence electrons. The number of carbonyl (C=O) groups excluding carboxylic acids is 1. The van der Waals surface area contributed by atoms with Gasteiger partial charge >= 0.3 is 6.03 Å². The van der Waals surface area contributed by atoms with Gasteiger partial charge in [-0.05, 0) is 44.4 Å². The molecular weight excluding hydrogens is 297 g/mol. The van der Waals surface area contributed by atoms with Crippen LogP contribution in [0.25, 0.3) is 0 Å². The summed E-state index contributed by atoms with van der Waals surface area (Å²) >= 11 is 0. The maximum atomic E-state index is 13.6. The molecule has 2 atom stereocenters. The minimum Gasteiger partial charge on any atom is -0.493 e. The van der Waals surface area contributed by atoms with Gasteiger partial charge in [0.05, 0.1) is 6.61 Å². The first kappa shape index (κ1) is 16.1. The molecule has 23 heavy (non-hydrogen) atoms. The maximum absolute atomic E-state index is 13.6. The number of nitrogens with one attached hydrogen (secondary N) is 2. The Bertz CT molecular complexity index is 567. The van der Waals surface area contributed by atoms with E-state index in [2.05, 4.69) is 10.6 Å². The lowest BCUT2D eigenvalue weighted by Gasteiger charge is -2.23. The summed E-state index contributed by atoms with van der Waals surface area (Å²) in [5.41, 5.74) is 0.888. The number of fused-ring (bicyclic) bond motifs is 1. The third-order valence-electron chi connectivity index (χ3n) is 4.48. The number of hydrogen-bond acceptors (Lipinski definition) is 3. The molecule has 2 heterocycles. The molecule has 1 saturated heterocycles. The Balaban J connectivity index is 1.67. The van der Waals surface area contributed by atoms with Crippen molar-refractivity contribution in [3.05, 3.63) is 29.6 Å². The maximum Gasteiger partial charge on any atom is 0.317 e. The summed E-state index contributed by atoms with van der Waals surface area (Å²) in [7, 11) is 0. The number of amides is 2. The van der Waals surface area contributed by atoms with Crippen molar-refractivity contribution in [2.45, 2.75) is 38.3 Å². The van der Waals surface area contributed by atoms with E-state index >= 15 is 0 Å². The van der Waals surface area contributed by atoms with E-state index in [4.69, 9.17) is 4.74 Å². The van der Waals surface area contributed by atoms with Crippen molar-refractivity contribution >= 4 is 6.03 Å². The van der Waals surface area contributed by atoms with E-state index in [1.807, 2.05) is 11.8 Å². The van der Waals surface area contributed by atoms with Crippen molar-refractivity contribution in [2.24, 2.45) is 0 Å². The van der Waals surface area contributed by atoms with E-state index in [1.165, 1.54) is 6.07 Å². The molecule has 6 heteroatoms. The molecular formula is C17H24FN3O2. The summed E-state index contributed by atoms with van der Waals surface area (Å²) in [5.74, 6) is 0.524. The largest absolute Gasteiger partial charge is 0.493 e. The highest BCUT2D eigenvalue weighted by Gasteiger charge is 2.29. The zero-order chi connectivity index (χ0) is 16.2. The van der Waals surface area contributed by atoms with Crippen LogP contribution in [0.1, 0.15) is 37.8 Å². The molecule has 1 fully saturated rings. The molecule has 0 aliphatic carbocycles. The lowest BCUT2D eigenvalue weighted by atomic mass is 10.0. The van der Waals surface area contributed by atoms with Gasteiger partial charge < -0.3 is 20.3 Å². The second-order valence-electron chi connectivity index (χ2n) is 6.16. The Labute approximate surface area is 136 Å². The highest BCUT2D eigenvalue weighted by atomic mass is 19.1. The Morgan fingerprint density at radius 1 is 1.43 bits per heavy atom.